The number of alkyl halides is 3. The summed E-state index contributed by atoms with van der Waals surface area (Å²) in [5, 5.41) is 4.60. The third kappa shape index (κ3) is 5.25. The Bertz CT molecular complexity index is 1230. The molecule has 1 aliphatic heterocycles. The van der Waals surface area contributed by atoms with Crippen molar-refractivity contribution >= 4 is 46.5 Å². The number of carbonyl (C=O) groups is 3. The fourth-order valence-corrected chi connectivity index (χ4v) is 4.33. The standard InChI is InChI=1S/C23H18F3N3O4S/c24-23(25,26)15-12-14(27-22(32)18-5-3-11-33-18)7-8-16(15)28-20(30)9-10-29-17-4-1-2-6-19(17)34-13-21(29)31/h1-8,11-12H,9-10,13H2,(H,27,32)(H,28,30). The van der Waals surface area contributed by atoms with Gasteiger partial charge in [-0.2, -0.15) is 13.2 Å². The van der Waals surface area contributed by atoms with Crippen LogP contribution in [0.25, 0.3) is 0 Å². The number of hydrogen-bond acceptors (Lipinski definition) is 5. The van der Waals surface area contributed by atoms with E-state index >= 15 is 0 Å². The van der Waals surface area contributed by atoms with Gasteiger partial charge in [0.05, 0.1) is 29.0 Å². The lowest BCUT2D eigenvalue weighted by Crippen LogP contribution is -2.37. The molecule has 0 bridgehead atoms. The highest BCUT2D eigenvalue weighted by Gasteiger charge is 2.34. The molecular formula is C23H18F3N3O4S. The van der Waals surface area contributed by atoms with E-state index in [-0.39, 0.29) is 36.1 Å². The monoisotopic (exact) mass is 489 g/mol. The summed E-state index contributed by atoms with van der Waals surface area (Å²) in [6.07, 6.45) is -3.71. The molecule has 0 atom stereocenters. The fraction of sp³-hybridized carbons (Fsp3) is 0.174. The number of nitrogens with one attached hydrogen (secondary N) is 2. The molecule has 0 fully saturated rings. The average Bonchev–Trinajstić information content (AvgIpc) is 3.34. The number of thioether (sulfide) groups is 1. The Morgan fingerprint density at radius 2 is 1.85 bits per heavy atom. The number of anilines is 3. The van der Waals surface area contributed by atoms with Gasteiger partial charge in [-0.05, 0) is 42.5 Å². The van der Waals surface area contributed by atoms with Crippen LogP contribution in [-0.2, 0) is 15.8 Å². The molecule has 0 radical (unpaired) electrons. The van der Waals surface area contributed by atoms with Crippen molar-refractivity contribution in [3.8, 4) is 0 Å². The van der Waals surface area contributed by atoms with Crippen molar-refractivity contribution in [2.24, 2.45) is 0 Å². The van der Waals surface area contributed by atoms with Crippen LogP contribution in [0.4, 0.5) is 30.2 Å². The summed E-state index contributed by atoms with van der Waals surface area (Å²) in [5.41, 5.74) is -1.01. The van der Waals surface area contributed by atoms with E-state index in [1.54, 1.807) is 12.1 Å². The topological polar surface area (TPSA) is 91.7 Å². The number of rotatable bonds is 6. The first-order valence-corrected chi connectivity index (χ1v) is 11.1. The van der Waals surface area contributed by atoms with Crippen molar-refractivity contribution < 1.29 is 32.0 Å². The first kappa shape index (κ1) is 23.4. The highest BCUT2D eigenvalue weighted by Crippen LogP contribution is 2.37. The second-order valence-electron chi connectivity index (χ2n) is 7.29. The number of hydrogen-bond donors (Lipinski definition) is 2. The maximum absolute atomic E-state index is 13.6. The van der Waals surface area contributed by atoms with E-state index in [4.69, 9.17) is 4.42 Å². The molecule has 4 rings (SSSR count). The van der Waals surface area contributed by atoms with Gasteiger partial charge in [-0.3, -0.25) is 14.4 Å². The Labute approximate surface area is 196 Å². The number of fused-ring (bicyclic) bond motifs is 1. The Morgan fingerprint density at radius 3 is 2.59 bits per heavy atom. The lowest BCUT2D eigenvalue weighted by Gasteiger charge is -2.28. The quantitative estimate of drug-likeness (QED) is 0.508. The van der Waals surface area contributed by atoms with Crippen LogP contribution in [-0.4, -0.2) is 30.0 Å². The van der Waals surface area contributed by atoms with E-state index in [1.165, 1.54) is 41.1 Å². The molecule has 7 nitrogen and oxygen atoms in total. The fourth-order valence-electron chi connectivity index (χ4n) is 3.39. The number of benzene rings is 2. The zero-order valence-corrected chi connectivity index (χ0v) is 18.3. The number of para-hydroxylation sites is 1. The second-order valence-corrected chi connectivity index (χ2v) is 8.31. The molecule has 2 N–H and O–H groups in total. The zero-order chi connectivity index (χ0) is 24.3. The van der Waals surface area contributed by atoms with Crippen LogP contribution in [0.2, 0.25) is 0 Å². The largest absolute Gasteiger partial charge is 0.459 e. The van der Waals surface area contributed by atoms with Crippen LogP contribution >= 0.6 is 11.8 Å². The normalized spacial score (nSPS) is 13.4. The molecule has 176 valence electrons. The molecule has 1 aromatic heterocycles. The van der Waals surface area contributed by atoms with E-state index in [9.17, 15) is 27.6 Å². The Morgan fingerprint density at radius 1 is 1.06 bits per heavy atom. The maximum Gasteiger partial charge on any atom is 0.418 e. The average molecular weight is 489 g/mol. The molecule has 0 unspecified atom stereocenters. The minimum Gasteiger partial charge on any atom is -0.459 e. The smallest absolute Gasteiger partial charge is 0.418 e. The first-order chi connectivity index (χ1) is 16.2. The van der Waals surface area contributed by atoms with Gasteiger partial charge in [0, 0.05) is 23.5 Å². The lowest BCUT2D eigenvalue weighted by atomic mass is 10.1. The maximum atomic E-state index is 13.6. The molecule has 2 aromatic carbocycles. The van der Waals surface area contributed by atoms with E-state index in [0.29, 0.717) is 5.69 Å². The third-order valence-corrected chi connectivity index (χ3v) is 6.02. The highest BCUT2D eigenvalue weighted by atomic mass is 32.2. The lowest BCUT2D eigenvalue weighted by molar-refractivity contribution is -0.137. The van der Waals surface area contributed by atoms with Crippen LogP contribution in [0.15, 0.2) is 70.2 Å². The number of carbonyl (C=O) groups excluding carboxylic acids is 3. The van der Waals surface area contributed by atoms with Crippen LogP contribution in [0.5, 0.6) is 0 Å². The number of nitrogens with zero attached hydrogens (tertiary/aromatic N) is 1. The second kappa shape index (κ2) is 9.64. The van der Waals surface area contributed by atoms with Gasteiger partial charge < -0.3 is 20.0 Å². The number of furan rings is 1. The summed E-state index contributed by atoms with van der Waals surface area (Å²) in [4.78, 5) is 39.2. The van der Waals surface area contributed by atoms with Gasteiger partial charge in [0.25, 0.3) is 5.91 Å². The molecule has 1 aliphatic rings. The predicted octanol–water partition coefficient (Wildman–Crippen LogP) is 5.02. The molecule has 34 heavy (non-hydrogen) atoms. The van der Waals surface area contributed by atoms with E-state index in [2.05, 4.69) is 10.6 Å². The molecule has 11 heteroatoms. The molecule has 3 amide bonds. The molecule has 0 aliphatic carbocycles. The molecule has 0 saturated heterocycles. The molecule has 3 aromatic rings. The van der Waals surface area contributed by atoms with Gasteiger partial charge >= 0.3 is 6.18 Å². The van der Waals surface area contributed by atoms with Crippen LogP contribution in [0.3, 0.4) is 0 Å². The van der Waals surface area contributed by atoms with Crippen LogP contribution in [0, 0.1) is 0 Å². The van der Waals surface area contributed by atoms with Crippen molar-refractivity contribution in [3.63, 3.8) is 0 Å². The van der Waals surface area contributed by atoms with E-state index in [1.807, 2.05) is 12.1 Å². The minimum absolute atomic E-state index is 0.0287. The summed E-state index contributed by atoms with van der Waals surface area (Å²) in [5.74, 6) is -1.40. The molecule has 2 heterocycles. The summed E-state index contributed by atoms with van der Waals surface area (Å²) >= 11 is 1.39. The van der Waals surface area contributed by atoms with Gasteiger partial charge in [0.1, 0.15) is 0 Å². The molecule has 0 saturated carbocycles. The van der Waals surface area contributed by atoms with Crippen LogP contribution in [0.1, 0.15) is 22.5 Å². The zero-order valence-electron chi connectivity index (χ0n) is 17.5. The van der Waals surface area contributed by atoms with Gasteiger partial charge in [0.2, 0.25) is 11.8 Å². The van der Waals surface area contributed by atoms with Crippen molar-refractivity contribution in [2.75, 3.05) is 27.8 Å². The SMILES string of the molecule is O=C(CCN1C(=O)CSc2ccccc21)Nc1ccc(NC(=O)c2ccco2)cc1C(F)(F)F. The van der Waals surface area contributed by atoms with Crippen molar-refractivity contribution in [2.45, 2.75) is 17.5 Å². The van der Waals surface area contributed by atoms with Gasteiger partial charge in [0.15, 0.2) is 5.76 Å². The molecular weight excluding hydrogens is 471 g/mol. The third-order valence-electron chi connectivity index (χ3n) is 4.97. The Kier molecular flexibility index (Phi) is 6.64. The highest BCUT2D eigenvalue weighted by molar-refractivity contribution is 8.00. The predicted molar refractivity (Wildman–Crippen MR) is 121 cm³/mol. The minimum atomic E-state index is -4.78. The molecule has 0 spiro atoms. The summed E-state index contributed by atoms with van der Waals surface area (Å²) in [7, 11) is 0. The van der Waals surface area contributed by atoms with Crippen LogP contribution < -0.4 is 15.5 Å². The summed E-state index contributed by atoms with van der Waals surface area (Å²) < 4.78 is 45.9. The Hall–Kier alpha value is -3.73. The van der Waals surface area contributed by atoms with E-state index in [0.717, 1.165) is 17.0 Å². The van der Waals surface area contributed by atoms with Crippen molar-refractivity contribution in [1.29, 1.82) is 0 Å². The van der Waals surface area contributed by atoms with E-state index < -0.39 is 29.2 Å². The number of amides is 3. The van der Waals surface area contributed by atoms with Crippen molar-refractivity contribution in [1.82, 2.24) is 0 Å². The van der Waals surface area contributed by atoms with Gasteiger partial charge in [-0.15, -0.1) is 11.8 Å². The Balaban J connectivity index is 1.46. The summed E-state index contributed by atoms with van der Waals surface area (Å²) in [6.45, 7) is 0.0287. The first-order valence-electron chi connectivity index (χ1n) is 10.1. The van der Waals surface area contributed by atoms with Gasteiger partial charge in [-0.1, -0.05) is 12.1 Å². The number of halogens is 3. The summed E-state index contributed by atoms with van der Waals surface area (Å²) in [6, 6.07) is 13.1. The van der Waals surface area contributed by atoms with Gasteiger partial charge in [-0.25, -0.2) is 0 Å². The van der Waals surface area contributed by atoms with Crippen molar-refractivity contribution in [3.05, 3.63) is 72.2 Å².